The molecule has 2 aliphatic rings. The molecule has 2 fully saturated rings. The van der Waals surface area contributed by atoms with E-state index in [2.05, 4.69) is 10.3 Å². The summed E-state index contributed by atoms with van der Waals surface area (Å²) in [4.78, 5) is 26.7. The minimum atomic E-state index is -0.184. The lowest BCUT2D eigenvalue weighted by Gasteiger charge is -2.42. The van der Waals surface area contributed by atoms with Gasteiger partial charge < -0.3 is 4.74 Å². The Morgan fingerprint density at radius 1 is 1.16 bits per heavy atom. The number of ether oxygens (including phenoxy) is 1. The first-order valence-corrected chi connectivity index (χ1v) is 8.83. The first-order chi connectivity index (χ1) is 12.1. The number of fused-ring (bicyclic) bond motifs is 1. The Bertz CT molecular complexity index is 803. The minimum Gasteiger partial charge on any atom is -0.381 e. The number of benzene rings is 1. The van der Waals surface area contributed by atoms with Gasteiger partial charge in [-0.15, -0.1) is 5.10 Å². The molecule has 132 valence electrons. The number of hydrogen-bond acceptors (Lipinski definition) is 5. The highest BCUT2D eigenvalue weighted by molar-refractivity contribution is 5.98. The number of rotatable bonds is 3. The molecule has 4 rings (SSSR count). The molecule has 0 aliphatic carbocycles. The number of amides is 2. The molecule has 0 radical (unpaired) electrons. The Labute approximate surface area is 145 Å². The monoisotopic (exact) mass is 342 g/mol. The van der Waals surface area contributed by atoms with Crippen LogP contribution >= 0.6 is 0 Å². The van der Waals surface area contributed by atoms with Crippen molar-refractivity contribution in [1.82, 2.24) is 19.9 Å². The van der Waals surface area contributed by atoms with Crippen LogP contribution in [0.25, 0.3) is 11.0 Å². The van der Waals surface area contributed by atoms with E-state index in [4.69, 9.17) is 4.74 Å². The smallest absolute Gasteiger partial charge is 0.230 e. The number of piperidine rings is 1. The van der Waals surface area contributed by atoms with Gasteiger partial charge in [0.2, 0.25) is 11.8 Å². The average molecular weight is 342 g/mol. The Morgan fingerprint density at radius 3 is 2.56 bits per heavy atom. The quantitative estimate of drug-likeness (QED) is 0.796. The summed E-state index contributed by atoms with van der Waals surface area (Å²) in [6, 6.07) is 5.80. The van der Waals surface area contributed by atoms with Crippen LogP contribution in [-0.2, 0) is 27.4 Å². The Balaban J connectivity index is 1.52. The number of nitrogens with zero attached hydrogens (tertiary/aromatic N) is 4. The zero-order chi connectivity index (χ0) is 17.4. The van der Waals surface area contributed by atoms with E-state index in [1.165, 1.54) is 4.90 Å². The highest BCUT2D eigenvalue weighted by Gasteiger charge is 2.44. The maximum atomic E-state index is 12.6. The van der Waals surface area contributed by atoms with Crippen LogP contribution in [0.15, 0.2) is 18.2 Å². The minimum absolute atomic E-state index is 0.0736. The summed E-state index contributed by atoms with van der Waals surface area (Å²) >= 11 is 0. The summed E-state index contributed by atoms with van der Waals surface area (Å²) in [6.45, 7) is 4.36. The van der Waals surface area contributed by atoms with Gasteiger partial charge in [-0.05, 0) is 42.9 Å². The molecule has 2 amide bonds. The van der Waals surface area contributed by atoms with Crippen molar-refractivity contribution in [3.63, 3.8) is 0 Å². The highest BCUT2D eigenvalue weighted by atomic mass is 16.5. The first kappa shape index (κ1) is 16.2. The summed E-state index contributed by atoms with van der Waals surface area (Å²) < 4.78 is 7.22. The molecular weight excluding hydrogens is 320 g/mol. The van der Waals surface area contributed by atoms with E-state index in [1.807, 2.05) is 29.8 Å². The summed E-state index contributed by atoms with van der Waals surface area (Å²) in [5, 5.41) is 8.26. The second kappa shape index (κ2) is 6.22. The third-order valence-corrected chi connectivity index (χ3v) is 5.43. The van der Waals surface area contributed by atoms with Crippen LogP contribution in [0.5, 0.6) is 0 Å². The van der Waals surface area contributed by atoms with Gasteiger partial charge in [0.25, 0.3) is 0 Å². The van der Waals surface area contributed by atoms with Crippen LogP contribution in [0.1, 0.15) is 38.2 Å². The van der Waals surface area contributed by atoms with E-state index < -0.39 is 0 Å². The lowest BCUT2D eigenvalue weighted by atomic mass is 9.72. The second-order valence-electron chi connectivity index (χ2n) is 7.07. The number of hydrogen-bond donors (Lipinski definition) is 0. The van der Waals surface area contributed by atoms with E-state index >= 15 is 0 Å². The first-order valence-electron chi connectivity index (χ1n) is 8.83. The summed E-state index contributed by atoms with van der Waals surface area (Å²) in [5.74, 6) is -0.147. The third kappa shape index (κ3) is 2.93. The van der Waals surface area contributed by atoms with Gasteiger partial charge in [0.05, 0.1) is 12.1 Å². The molecule has 3 heterocycles. The van der Waals surface area contributed by atoms with Gasteiger partial charge in [-0.2, -0.15) is 0 Å². The van der Waals surface area contributed by atoms with Crippen molar-refractivity contribution in [1.29, 1.82) is 0 Å². The van der Waals surface area contributed by atoms with Crippen LogP contribution in [0.3, 0.4) is 0 Å². The van der Waals surface area contributed by atoms with Crippen molar-refractivity contribution in [2.24, 2.45) is 5.41 Å². The van der Waals surface area contributed by atoms with Crippen molar-refractivity contribution in [3.05, 3.63) is 23.8 Å². The van der Waals surface area contributed by atoms with Gasteiger partial charge >= 0.3 is 0 Å². The topological polar surface area (TPSA) is 77.3 Å². The number of aryl methyl sites for hydroxylation is 1. The van der Waals surface area contributed by atoms with Crippen LogP contribution in [0.4, 0.5) is 0 Å². The molecule has 2 saturated heterocycles. The molecule has 1 spiro atoms. The number of imide groups is 1. The molecule has 7 nitrogen and oxygen atoms in total. The predicted octanol–water partition coefficient (Wildman–Crippen LogP) is 1.90. The molecule has 1 aromatic carbocycles. The molecule has 0 saturated carbocycles. The lowest BCUT2D eigenvalue weighted by molar-refractivity contribution is -0.157. The molecule has 0 bridgehead atoms. The lowest BCUT2D eigenvalue weighted by Crippen LogP contribution is -2.49. The van der Waals surface area contributed by atoms with Crippen molar-refractivity contribution in [2.75, 3.05) is 13.2 Å². The van der Waals surface area contributed by atoms with Gasteiger partial charge in [-0.3, -0.25) is 14.5 Å². The Kier molecular flexibility index (Phi) is 4.03. The van der Waals surface area contributed by atoms with Gasteiger partial charge in [0, 0.05) is 32.6 Å². The van der Waals surface area contributed by atoms with Crippen LogP contribution in [0.2, 0.25) is 0 Å². The summed E-state index contributed by atoms with van der Waals surface area (Å²) in [7, 11) is 0. The van der Waals surface area contributed by atoms with Gasteiger partial charge in [0.15, 0.2) is 0 Å². The second-order valence-corrected chi connectivity index (χ2v) is 7.07. The Morgan fingerprint density at radius 2 is 1.88 bits per heavy atom. The van der Waals surface area contributed by atoms with Crippen molar-refractivity contribution < 1.29 is 14.3 Å². The molecule has 0 atom stereocenters. The van der Waals surface area contributed by atoms with Gasteiger partial charge in [0.1, 0.15) is 5.52 Å². The van der Waals surface area contributed by atoms with E-state index in [1.54, 1.807) is 0 Å². The van der Waals surface area contributed by atoms with Crippen LogP contribution in [-0.4, -0.2) is 44.9 Å². The molecule has 7 heteroatoms. The maximum absolute atomic E-state index is 12.6. The molecule has 1 aromatic heterocycles. The van der Waals surface area contributed by atoms with Crippen molar-refractivity contribution in [2.45, 2.75) is 45.7 Å². The molecule has 0 N–H and O–H groups in total. The number of carbonyl (C=O) groups excluding carboxylic acids is 2. The normalized spacial score (nSPS) is 20.6. The van der Waals surface area contributed by atoms with E-state index in [0.717, 1.165) is 36.0 Å². The number of carbonyl (C=O) groups is 2. The zero-order valence-corrected chi connectivity index (χ0v) is 14.4. The number of aromatic nitrogens is 3. The molecule has 0 unspecified atom stereocenters. The molecule has 25 heavy (non-hydrogen) atoms. The SMILES string of the molecule is CCn1nnc2cc(CN3C(=O)CC4(CCOCC4)CC3=O)ccc21. The van der Waals surface area contributed by atoms with Gasteiger partial charge in [-0.25, -0.2) is 4.68 Å². The summed E-state index contributed by atoms with van der Waals surface area (Å²) in [6.07, 6.45) is 2.47. The zero-order valence-electron chi connectivity index (χ0n) is 14.4. The van der Waals surface area contributed by atoms with Crippen molar-refractivity contribution in [3.8, 4) is 0 Å². The molecule has 2 aromatic rings. The van der Waals surface area contributed by atoms with Gasteiger partial charge in [-0.1, -0.05) is 11.3 Å². The van der Waals surface area contributed by atoms with Crippen LogP contribution < -0.4 is 0 Å². The fraction of sp³-hybridized carbons (Fsp3) is 0.556. The fourth-order valence-corrected chi connectivity index (χ4v) is 3.90. The van der Waals surface area contributed by atoms with Crippen LogP contribution in [0, 0.1) is 5.41 Å². The summed E-state index contributed by atoms with van der Waals surface area (Å²) in [5.41, 5.74) is 2.47. The van der Waals surface area contributed by atoms with E-state index in [9.17, 15) is 9.59 Å². The van der Waals surface area contributed by atoms with Crippen molar-refractivity contribution >= 4 is 22.8 Å². The Hall–Kier alpha value is -2.28. The molecule has 2 aliphatic heterocycles. The standard InChI is InChI=1S/C18H22N4O3/c1-2-22-15-4-3-13(9-14(15)19-20-22)12-21-16(23)10-18(11-17(21)24)5-7-25-8-6-18/h3-4,9H,2,5-8,10-12H2,1H3. The highest BCUT2D eigenvalue weighted by Crippen LogP contribution is 2.41. The third-order valence-electron chi connectivity index (χ3n) is 5.43. The molecular formula is C18H22N4O3. The van der Waals surface area contributed by atoms with E-state index in [-0.39, 0.29) is 17.2 Å². The largest absolute Gasteiger partial charge is 0.381 e. The van der Waals surface area contributed by atoms with E-state index in [0.29, 0.717) is 32.6 Å². The number of likely N-dealkylation sites (tertiary alicyclic amines) is 1. The predicted molar refractivity (Wildman–Crippen MR) is 90.5 cm³/mol. The fourth-order valence-electron chi connectivity index (χ4n) is 3.90. The maximum Gasteiger partial charge on any atom is 0.230 e. The average Bonchev–Trinajstić information content (AvgIpc) is 3.01.